The van der Waals surface area contributed by atoms with Crippen LogP contribution in [0.4, 0.5) is 5.69 Å². The highest BCUT2D eigenvalue weighted by atomic mass is 16.5. The van der Waals surface area contributed by atoms with Gasteiger partial charge in [-0.1, -0.05) is 31.5 Å². The molecular weight excluding hydrogens is 582 g/mol. The maximum absolute atomic E-state index is 13.5. The number of carbonyl (C=O) groups is 1. The quantitative estimate of drug-likeness (QED) is 0.162. The molecule has 1 amide bonds. The molecular formula is C35H37N7O4. The normalized spacial score (nSPS) is 12.6. The van der Waals surface area contributed by atoms with Gasteiger partial charge in [-0.25, -0.2) is 9.67 Å². The van der Waals surface area contributed by atoms with Crippen LogP contribution in [-0.2, 0) is 4.79 Å². The highest BCUT2D eigenvalue weighted by Gasteiger charge is 2.25. The minimum Gasteiger partial charge on any atom is -0.497 e. The third-order valence-electron chi connectivity index (χ3n) is 7.88. The number of fused-ring (bicyclic) bond motifs is 1. The van der Waals surface area contributed by atoms with Crippen LogP contribution in [0, 0.1) is 20.8 Å². The number of aryl methyl sites for hydroxylation is 3. The van der Waals surface area contributed by atoms with Gasteiger partial charge in [0.05, 0.1) is 12.8 Å². The zero-order chi connectivity index (χ0) is 32.4. The minimum absolute atomic E-state index is 0.238. The summed E-state index contributed by atoms with van der Waals surface area (Å²) in [7, 11) is 1.62. The van der Waals surface area contributed by atoms with Crippen LogP contribution in [0.1, 0.15) is 54.4 Å². The van der Waals surface area contributed by atoms with E-state index in [0.29, 0.717) is 40.8 Å². The highest BCUT2D eigenvalue weighted by molar-refractivity contribution is 5.94. The lowest BCUT2D eigenvalue weighted by Crippen LogP contribution is -2.32. The van der Waals surface area contributed by atoms with E-state index in [1.165, 1.54) is 0 Å². The summed E-state index contributed by atoms with van der Waals surface area (Å²) in [4.78, 5) is 18.4. The maximum Gasteiger partial charge on any atom is 0.265 e. The van der Waals surface area contributed by atoms with Crippen LogP contribution in [0.3, 0.4) is 0 Å². The molecule has 0 fully saturated rings. The van der Waals surface area contributed by atoms with Crippen molar-refractivity contribution in [3.63, 3.8) is 0 Å². The van der Waals surface area contributed by atoms with Gasteiger partial charge in [-0.05, 0) is 87.4 Å². The van der Waals surface area contributed by atoms with Gasteiger partial charge >= 0.3 is 0 Å². The van der Waals surface area contributed by atoms with Gasteiger partial charge in [0, 0.05) is 29.6 Å². The molecule has 0 aliphatic rings. The lowest BCUT2D eigenvalue weighted by Gasteiger charge is -2.20. The molecule has 3 aromatic heterocycles. The van der Waals surface area contributed by atoms with Crippen molar-refractivity contribution < 1.29 is 19.0 Å². The number of amides is 1. The Kier molecular flexibility index (Phi) is 8.47. The lowest BCUT2D eigenvalue weighted by atomic mass is 9.98. The first kappa shape index (κ1) is 30.4. The molecule has 6 rings (SSSR count). The van der Waals surface area contributed by atoms with Crippen molar-refractivity contribution in [1.29, 1.82) is 0 Å². The van der Waals surface area contributed by atoms with Gasteiger partial charge in [0.2, 0.25) is 5.65 Å². The second-order valence-corrected chi connectivity index (χ2v) is 11.3. The number of nitrogens with zero attached hydrogens (tertiary/aromatic N) is 5. The third-order valence-corrected chi connectivity index (χ3v) is 7.88. The van der Waals surface area contributed by atoms with Gasteiger partial charge in [0.1, 0.15) is 28.7 Å². The highest BCUT2D eigenvalue weighted by Crippen LogP contribution is 2.36. The number of carbonyl (C=O) groups excluding carboxylic acids is 1. The van der Waals surface area contributed by atoms with E-state index in [9.17, 15) is 4.79 Å². The summed E-state index contributed by atoms with van der Waals surface area (Å²) in [6.45, 7) is 9.90. The largest absolute Gasteiger partial charge is 0.497 e. The average Bonchev–Trinajstić information content (AvgIpc) is 3.78. The van der Waals surface area contributed by atoms with Crippen LogP contribution >= 0.6 is 0 Å². The second kappa shape index (κ2) is 12.8. The Balaban J connectivity index is 1.32. The van der Waals surface area contributed by atoms with Gasteiger partial charge in [-0.3, -0.25) is 9.89 Å². The van der Waals surface area contributed by atoms with Crippen molar-refractivity contribution in [3.05, 3.63) is 107 Å². The molecule has 11 heteroatoms. The Morgan fingerprint density at radius 1 is 1.00 bits per heavy atom. The molecule has 0 aliphatic heterocycles. The first-order valence-electron chi connectivity index (χ1n) is 15.2. The molecule has 0 saturated heterocycles. The van der Waals surface area contributed by atoms with Crippen LogP contribution in [0.25, 0.3) is 11.3 Å². The number of hydrogen-bond acceptors (Lipinski definition) is 7. The first-order chi connectivity index (χ1) is 22.2. The van der Waals surface area contributed by atoms with E-state index < -0.39 is 6.10 Å². The number of anilines is 1. The zero-order valence-corrected chi connectivity index (χ0v) is 26.7. The van der Waals surface area contributed by atoms with Crippen molar-refractivity contribution >= 4 is 17.2 Å². The van der Waals surface area contributed by atoms with E-state index >= 15 is 0 Å². The molecule has 2 atom stereocenters. The molecule has 0 aliphatic carbocycles. The molecule has 236 valence electrons. The first-order valence-corrected chi connectivity index (χ1v) is 15.2. The van der Waals surface area contributed by atoms with Crippen LogP contribution in [0.5, 0.6) is 23.0 Å². The molecule has 0 spiro atoms. The molecule has 3 aromatic carbocycles. The molecule has 2 N–H and O–H groups in total. The Hall–Kier alpha value is -5.58. The van der Waals surface area contributed by atoms with Gasteiger partial charge in [-0.15, -0.1) is 5.10 Å². The van der Waals surface area contributed by atoms with Crippen molar-refractivity contribution in [2.24, 2.45) is 0 Å². The van der Waals surface area contributed by atoms with Crippen molar-refractivity contribution in [3.8, 4) is 28.7 Å². The monoisotopic (exact) mass is 619 g/mol. The number of rotatable bonds is 11. The SMILES string of the molecule is CCC(Oc1ccc(C)cc1C)C(=O)Nc1ccc(Oc2ccc(OC)cc2)c(C(C)c2nc3c(-n4cccn4)c(C)[nH]n3n2)c1. The molecule has 6 aromatic rings. The lowest BCUT2D eigenvalue weighted by molar-refractivity contribution is -0.122. The fourth-order valence-corrected chi connectivity index (χ4v) is 5.39. The van der Waals surface area contributed by atoms with Gasteiger partial charge in [-0.2, -0.15) is 9.73 Å². The number of hydrogen-bond donors (Lipinski definition) is 2. The standard InChI is InChI=1S/C35H37N7O4/c1-7-29(46-30-15-9-21(2)19-22(30)3)35(43)37-25-10-16-31(45-27-13-11-26(44-6)12-14-27)28(20-25)23(4)33-38-34-32(41-18-8-17-36-41)24(5)39-42(34)40-33/h8-20,23,29,39H,7H2,1-6H3,(H,37,43). The zero-order valence-electron chi connectivity index (χ0n) is 26.7. The number of nitrogens with one attached hydrogen (secondary N) is 2. The van der Waals surface area contributed by atoms with E-state index in [2.05, 4.69) is 15.5 Å². The predicted molar refractivity (Wildman–Crippen MR) is 175 cm³/mol. The molecule has 3 heterocycles. The fourth-order valence-electron chi connectivity index (χ4n) is 5.39. The van der Waals surface area contributed by atoms with Crippen molar-refractivity contribution in [1.82, 2.24) is 29.6 Å². The Morgan fingerprint density at radius 2 is 1.76 bits per heavy atom. The van der Waals surface area contributed by atoms with E-state index in [-0.39, 0.29) is 11.8 Å². The summed E-state index contributed by atoms with van der Waals surface area (Å²) in [6, 6.07) is 20.7. The second-order valence-electron chi connectivity index (χ2n) is 11.3. The summed E-state index contributed by atoms with van der Waals surface area (Å²) in [6.07, 6.45) is 3.43. The third kappa shape index (κ3) is 6.16. The number of H-pyrrole nitrogens is 1. The number of aromatic nitrogens is 6. The Bertz CT molecular complexity index is 1980. The molecule has 0 bridgehead atoms. The van der Waals surface area contributed by atoms with Gasteiger partial charge < -0.3 is 19.5 Å². The summed E-state index contributed by atoms with van der Waals surface area (Å²) in [5, 5.41) is 15.5. The van der Waals surface area contributed by atoms with Crippen LogP contribution in [0.15, 0.2) is 79.1 Å². The molecule has 0 saturated carbocycles. The molecule has 11 nitrogen and oxygen atoms in total. The van der Waals surface area contributed by atoms with Gasteiger partial charge in [0.25, 0.3) is 5.91 Å². The molecule has 46 heavy (non-hydrogen) atoms. The summed E-state index contributed by atoms with van der Waals surface area (Å²) < 4.78 is 21.2. The van der Waals surface area contributed by atoms with E-state index in [1.54, 1.807) is 22.6 Å². The summed E-state index contributed by atoms with van der Waals surface area (Å²) in [5.74, 6) is 2.70. The topological polar surface area (TPSA) is 121 Å². The Morgan fingerprint density at radius 3 is 2.46 bits per heavy atom. The minimum atomic E-state index is -0.669. The maximum atomic E-state index is 13.5. The predicted octanol–water partition coefficient (Wildman–Crippen LogP) is 6.92. The number of aromatic amines is 1. The summed E-state index contributed by atoms with van der Waals surface area (Å²) >= 11 is 0. The van der Waals surface area contributed by atoms with Crippen LogP contribution in [-0.4, -0.2) is 48.7 Å². The van der Waals surface area contributed by atoms with Crippen LogP contribution in [0.2, 0.25) is 0 Å². The fraction of sp³-hybridized carbons (Fsp3) is 0.257. The van der Waals surface area contributed by atoms with E-state index in [4.69, 9.17) is 24.3 Å². The van der Waals surface area contributed by atoms with E-state index in [1.807, 2.05) is 108 Å². The molecule has 0 radical (unpaired) electrons. The van der Waals surface area contributed by atoms with Crippen molar-refractivity contribution in [2.45, 2.75) is 53.1 Å². The van der Waals surface area contributed by atoms with E-state index in [0.717, 1.165) is 33.8 Å². The van der Waals surface area contributed by atoms with Crippen molar-refractivity contribution in [2.75, 3.05) is 12.4 Å². The Labute approximate surface area is 267 Å². The smallest absolute Gasteiger partial charge is 0.265 e. The average molecular weight is 620 g/mol. The number of benzene rings is 3. The van der Waals surface area contributed by atoms with Gasteiger partial charge in [0.15, 0.2) is 11.9 Å². The molecule has 2 unspecified atom stereocenters. The summed E-state index contributed by atoms with van der Waals surface area (Å²) in [5.41, 5.74) is 5.88. The number of ether oxygens (including phenoxy) is 3. The van der Waals surface area contributed by atoms with Crippen LogP contribution < -0.4 is 19.5 Å². The number of methoxy groups -OCH3 is 1.